The van der Waals surface area contributed by atoms with Gasteiger partial charge < -0.3 is 14.4 Å². The van der Waals surface area contributed by atoms with Crippen LogP contribution in [0.5, 0.6) is 11.5 Å². The quantitative estimate of drug-likeness (QED) is 0.384. The van der Waals surface area contributed by atoms with Crippen LogP contribution in [0.3, 0.4) is 0 Å². The van der Waals surface area contributed by atoms with Gasteiger partial charge in [-0.05, 0) is 26.2 Å². The lowest BCUT2D eigenvalue weighted by Crippen LogP contribution is -2.37. The number of nitrogens with zero attached hydrogens (tertiary/aromatic N) is 4. The Morgan fingerprint density at radius 3 is 2.45 bits per heavy atom. The Bertz CT molecular complexity index is 1130. The van der Waals surface area contributed by atoms with Crippen LogP contribution in [-0.2, 0) is 0 Å². The molecule has 1 amide bonds. The first kappa shape index (κ1) is 22.4. The molecular weight excluding hydrogens is 427 g/mol. The van der Waals surface area contributed by atoms with Crippen molar-refractivity contribution in [2.45, 2.75) is 0 Å². The van der Waals surface area contributed by atoms with Gasteiger partial charge in [-0.3, -0.25) is 19.8 Å². The van der Waals surface area contributed by atoms with E-state index in [0.29, 0.717) is 11.2 Å². The number of amides is 1. The molecule has 0 unspecified atom stereocenters. The van der Waals surface area contributed by atoms with Crippen LogP contribution in [0, 0.1) is 15.9 Å². The normalized spacial score (nSPS) is 11.0. The van der Waals surface area contributed by atoms with Crippen LogP contribution in [0.25, 0.3) is 10.2 Å². The Kier molecular flexibility index (Phi) is 6.66. The maximum Gasteiger partial charge on any atom is 0.286 e. The molecule has 0 saturated carbocycles. The number of fused-ring (bicyclic) bond motifs is 1. The highest BCUT2D eigenvalue weighted by Crippen LogP contribution is 2.37. The molecule has 2 aromatic carbocycles. The lowest BCUT2D eigenvalue weighted by molar-refractivity contribution is -0.385. The number of carbonyl (C=O) groups excluding carboxylic acids is 1. The van der Waals surface area contributed by atoms with Crippen LogP contribution in [0.1, 0.15) is 10.4 Å². The van der Waals surface area contributed by atoms with Crippen molar-refractivity contribution in [3.63, 3.8) is 0 Å². The zero-order valence-electron chi connectivity index (χ0n) is 17.4. The molecule has 31 heavy (non-hydrogen) atoms. The summed E-state index contributed by atoms with van der Waals surface area (Å²) in [6.45, 7) is 0.657. The highest BCUT2D eigenvalue weighted by molar-refractivity contribution is 7.22. The standard InChI is InChI=1S/C20H21FN4O5S/c1-23(2)8-9-24(20-22-18-13(21)6-5-7-17(18)31-20)19(26)12-10-15(29-3)16(30-4)11-14(12)25(27)28/h5-7,10-11H,8-9H2,1-4H3. The number of anilines is 1. The number of hydrogen-bond donors (Lipinski definition) is 0. The molecule has 9 nitrogen and oxygen atoms in total. The SMILES string of the molecule is COc1cc(C(=O)N(CCN(C)C)c2nc3c(F)cccc3s2)c([N+](=O)[O-])cc1OC. The third-order valence-electron chi connectivity index (χ3n) is 4.53. The highest BCUT2D eigenvalue weighted by atomic mass is 32.1. The molecule has 0 bridgehead atoms. The van der Waals surface area contributed by atoms with Gasteiger partial charge in [-0.2, -0.15) is 0 Å². The first-order valence-electron chi connectivity index (χ1n) is 9.18. The summed E-state index contributed by atoms with van der Waals surface area (Å²) in [5, 5.41) is 11.9. The Hall–Kier alpha value is -3.31. The van der Waals surface area contributed by atoms with Crippen LogP contribution in [0.2, 0.25) is 0 Å². The number of likely N-dealkylation sites (N-methyl/N-ethyl adjacent to an activating group) is 1. The maximum atomic E-state index is 14.2. The predicted molar refractivity (Wildman–Crippen MR) is 116 cm³/mol. The molecule has 1 heterocycles. The molecule has 3 aromatic rings. The summed E-state index contributed by atoms with van der Waals surface area (Å²) in [6.07, 6.45) is 0. The van der Waals surface area contributed by atoms with Crippen molar-refractivity contribution in [2.24, 2.45) is 0 Å². The van der Waals surface area contributed by atoms with Gasteiger partial charge >= 0.3 is 0 Å². The summed E-state index contributed by atoms with van der Waals surface area (Å²) >= 11 is 1.14. The molecule has 3 rings (SSSR count). The Morgan fingerprint density at radius 2 is 1.87 bits per heavy atom. The number of para-hydroxylation sites is 1. The van der Waals surface area contributed by atoms with Crippen molar-refractivity contribution in [3.05, 3.63) is 51.8 Å². The molecule has 0 saturated heterocycles. The van der Waals surface area contributed by atoms with E-state index in [1.807, 2.05) is 19.0 Å². The molecule has 0 aliphatic heterocycles. The van der Waals surface area contributed by atoms with Gasteiger partial charge in [-0.1, -0.05) is 17.4 Å². The molecule has 11 heteroatoms. The molecule has 164 valence electrons. The summed E-state index contributed by atoms with van der Waals surface area (Å²) in [6, 6.07) is 6.97. The molecule has 0 radical (unpaired) electrons. The van der Waals surface area contributed by atoms with Gasteiger partial charge in [0.05, 0.1) is 29.9 Å². The van der Waals surface area contributed by atoms with Crippen LogP contribution >= 0.6 is 11.3 Å². The fourth-order valence-corrected chi connectivity index (χ4v) is 3.94. The van der Waals surface area contributed by atoms with Gasteiger partial charge in [0.1, 0.15) is 16.9 Å². The molecule has 0 atom stereocenters. The minimum atomic E-state index is -0.655. The van der Waals surface area contributed by atoms with Crippen LogP contribution in [-0.4, -0.2) is 62.1 Å². The number of benzene rings is 2. The first-order chi connectivity index (χ1) is 14.8. The lowest BCUT2D eigenvalue weighted by atomic mass is 10.1. The second-order valence-electron chi connectivity index (χ2n) is 6.82. The van der Waals surface area contributed by atoms with E-state index in [2.05, 4.69) is 4.98 Å². The van der Waals surface area contributed by atoms with Crippen molar-refractivity contribution in [1.82, 2.24) is 9.88 Å². The van der Waals surface area contributed by atoms with Crippen molar-refractivity contribution in [3.8, 4) is 11.5 Å². The number of nitro groups is 1. The summed E-state index contributed by atoms with van der Waals surface area (Å²) in [5.74, 6) is -0.835. The zero-order valence-corrected chi connectivity index (χ0v) is 18.2. The zero-order chi connectivity index (χ0) is 22.7. The van der Waals surface area contributed by atoms with Gasteiger partial charge in [-0.15, -0.1) is 0 Å². The Labute approximate surface area is 181 Å². The molecular formula is C20H21FN4O5S. The van der Waals surface area contributed by atoms with E-state index in [9.17, 15) is 19.3 Å². The summed E-state index contributed by atoms with van der Waals surface area (Å²) < 4.78 is 25.1. The van der Waals surface area contributed by atoms with Crippen molar-refractivity contribution in [1.29, 1.82) is 0 Å². The van der Waals surface area contributed by atoms with E-state index in [0.717, 1.165) is 17.4 Å². The van der Waals surface area contributed by atoms with Crippen LogP contribution in [0.4, 0.5) is 15.2 Å². The topological polar surface area (TPSA) is 98.0 Å². The first-order valence-corrected chi connectivity index (χ1v) is 10.0. The van der Waals surface area contributed by atoms with Crippen LogP contribution < -0.4 is 14.4 Å². The lowest BCUT2D eigenvalue weighted by Gasteiger charge is -2.22. The third-order valence-corrected chi connectivity index (χ3v) is 5.58. The number of thiazole rings is 1. The van der Waals surface area contributed by atoms with E-state index in [1.54, 1.807) is 12.1 Å². The van der Waals surface area contributed by atoms with Gasteiger partial charge in [0, 0.05) is 19.2 Å². The molecule has 1 aromatic heterocycles. The monoisotopic (exact) mass is 448 g/mol. The fourth-order valence-electron chi connectivity index (χ4n) is 2.94. The number of rotatable bonds is 8. The smallest absolute Gasteiger partial charge is 0.286 e. The van der Waals surface area contributed by atoms with Gasteiger partial charge in [0.15, 0.2) is 16.6 Å². The van der Waals surface area contributed by atoms with E-state index in [-0.39, 0.29) is 34.3 Å². The second kappa shape index (κ2) is 9.23. The van der Waals surface area contributed by atoms with E-state index < -0.39 is 22.3 Å². The largest absolute Gasteiger partial charge is 0.493 e. The highest BCUT2D eigenvalue weighted by Gasteiger charge is 2.30. The summed E-state index contributed by atoms with van der Waals surface area (Å²) in [5.41, 5.74) is -0.460. The minimum Gasteiger partial charge on any atom is -0.493 e. The van der Waals surface area contributed by atoms with E-state index in [1.165, 1.54) is 31.3 Å². The predicted octanol–water partition coefficient (Wildman–Crippen LogP) is 3.57. The van der Waals surface area contributed by atoms with Gasteiger partial charge in [-0.25, -0.2) is 9.37 Å². The maximum absolute atomic E-state index is 14.2. The number of hydrogen-bond acceptors (Lipinski definition) is 8. The third kappa shape index (κ3) is 4.57. The van der Waals surface area contributed by atoms with Crippen LogP contribution in [0.15, 0.2) is 30.3 Å². The number of halogens is 1. The Balaban J connectivity index is 2.14. The number of ether oxygens (including phenoxy) is 2. The summed E-state index contributed by atoms with van der Waals surface area (Å²) in [7, 11) is 6.39. The molecule has 0 spiro atoms. The van der Waals surface area contributed by atoms with Crippen molar-refractivity contribution in [2.75, 3.05) is 46.3 Å². The van der Waals surface area contributed by atoms with Crippen molar-refractivity contribution < 1.29 is 23.6 Å². The van der Waals surface area contributed by atoms with Gasteiger partial charge in [0.25, 0.3) is 11.6 Å². The minimum absolute atomic E-state index is 0.132. The summed E-state index contributed by atoms with van der Waals surface area (Å²) in [4.78, 5) is 32.0. The molecule has 0 aliphatic carbocycles. The number of nitro benzene ring substituents is 1. The Morgan fingerprint density at radius 1 is 1.19 bits per heavy atom. The van der Waals surface area contributed by atoms with E-state index >= 15 is 0 Å². The second-order valence-corrected chi connectivity index (χ2v) is 7.83. The molecule has 0 aliphatic rings. The van der Waals surface area contributed by atoms with Gasteiger partial charge in [0.2, 0.25) is 0 Å². The average molecular weight is 448 g/mol. The molecule has 0 N–H and O–H groups in total. The number of methoxy groups -OCH3 is 2. The number of carbonyl (C=O) groups is 1. The average Bonchev–Trinajstić information content (AvgIpc) is 3.17. The fraction of sp³-hybridized carbons (Fsp3) is 0.300. The van der Waals surface area contributed by atoms with Crippen molar-refractivity contribution >= 4 is 38.3 Å². The number of aromatic nitrogens is 1. The van der Waals surface area contributed by atoms with E-state index in [4.69, 9.17) is 9.47 Å². The molecule has 0 fully saturated rings.